The number of hydrogen-bond donors (Lipinski definition) is 2. The summed E-state index contributed by atoms with van der Waals surface area (Å²) in [5, 5.41) is 15.6. The molecule has 2 heterocycles. The Kier molecular flexibility index (Phi) is 5.45. The molecule has 1 aromatic carbocycles. The van der Waals surface area contributed by atoms with Crippen LogP contribution in [0.5, 0.6) is 0 Å². The number of nitrogens with one attached hydrogen (secondary N) is 2. The van der Waals surface area contributed by atoms with Gasteiger partial charge < -0.3 is 10.6 Å². The monoisotopic (exact) mass is 354 g/mol. The zero-order valence-electron chi connectivity index (χ0n) is 14.4. The molecule has 7 heteroatoms. The molecular formula is C18H22N6S. The van der Waals surface area contributed by atoms with E-state index in [0.29, 0.717) is 11.7 Å². The van der Waals surface area contributed by atoms with Gasteiger partial charge in [0.1, 0.15) is 0 Å². The highest BCUT2D eigenvalue weighted by Crippen LogP contribution is 2.11. The van der Waals surface area contributed by atoms with Crippen LogP contribution in [0.3, 0.4) is 0 Å². The minimum absolute atomic E-state index is 0.569. The molecule has 25 heavy (non-hydrogen) atoms. The van der Waals surface area contributed by atoms with E-state index in [0.717, 1.165) is 24.5 Å². The Morgan fingerprint density at radius 2 is 2.04 bits per heavy atom. The summed E-state index contributed by atoms with van der Waals surface area (Å²) in [7, 11) is 0. The number of benzene rings is 1. The van der Waals surface area contributed by atoms with Gasteiger partial charge in [-0.25, -0.2) is 0 Å². The van der Waals surface area contributed by atoms with E-state index >= 15 is 0 Å². The first-order valence-electron chi connectivity index (χ1n) is 8.28. The lowest BCUT2D eigenvalue weighted by atomic mass is 10.1. The molecule has 6 nitrogen and oxygen atoms in total. The summed E-state index contributed by atoms with van der Waals surface area (Å²) >= 11 is 5.36. The third-order valence-corrected chi connectivity index (χ3v) is 4.27. The Labute approximate surface area is 152 Å². The second-order valence-electron chi connectivity index (χ2n) is 5.80. The van der Waals surface area contributed by atoms with Gasteiger partial charge in [0.25, 0.3) is 0 Å². The van der Waals surface area contributed by atoms with Crippen molar-refractivity contribution < 1.29 is 0 Å². The van der Waals surface area contributed by atoms with Crippen LogP contribution in [0.2, 0.25) is 0 Å². The summed E-state index contributed by atoms with van der Waals surface area (Å²) in [6.07, 6.45) is 5.53. The lowest BCUT2D eigenvalue weighted by Gasteiger charge is -2.10. The summed E-state index contributed by atoms with van der Waals surface area (Å²) in [5.41, 5.74) is 4.49. The van der Waals surface area contributed by atoms with Crippen LogP contribution in [0.15, 0.2) is 48.9 Å². The molecule has 0 spiro atoms. The first-order valence-corrected chi connectivity index (χ1v) is 8.69. The van der Waals surface area contributed by atoms with Gasteiger partial charge in [0.15, 0.2) is 5.11 Å². The van der Waals surface area contributed by atoms with Crippen LogP contribution in [0.1, 0.15) is 23.7 Å². The lowest BCUT2D eigenvalue weighted by Crippen LogP contribution is -2.28. The van der Waals surface area contributed by atoms with Gasteiger partial charge in [-0.15, -0.1) is 0 Å². The highest BCUT2D eigenvalue weighted by atomic mass is 32.1. The van der Waals surface area contributed by atoms with Gasteiger partial charge in [0.05, 0.1) is 30.7 Å². The standard InChI is InChI=1S/C18H22N6S/c1-3-24-17(8-9-20-24)11-19-18(25)22-16-10-21-23(13-16)12-15-7-5-4-6-14(15)2/h4-10,13H,3,11-12H2,1-2H3,(H2,19,22,25). The topological polar surface area (TPSA) is 59.7 Å². The number of thiocarbonyl (C=S) groups is 1. The predicted molar refractivity (Wildman–Crippen MR) is 103 cm³/mol. The third-order valence-electron chi connectivity index (χ3n) is 4.02. The van der Waals surface area contributed by atoms with E-state index in [4.69, 9.17) is 12.2 Å². The number of nitrogens with zero attached hydrogens (tertiary/aromatic N) is 4. The quantitative estimate of drug-likeness (QED) is 0.667. The maximum atomic E-state index is 5.36. The number of hydrogen-bond acceptors (Lipinski definition) is 3. The summed E-state index contributed by atoms with van der Waals surface area (Å²) < 4.78 is 3.84. The van der Waals surface area contributed by atoms with Gasteiger partial charge in [-0.2, -0.15) is 10.2 Å². The fourth-order valence-corrected chi connectivity index (χ4v) is 2.81. The smallest absolute Gasteiger partial charge is 0.171 e. The van der Waals surface area contributed by atoms with Gasteiger partial charge in [0, 0.05) is 18.9 Å². The van der Waals surface area contributed by atoms with Gasteiger partial charge in [-0.05, 0) is 43.3 Å². The van der Waals surface area contributed by atoms with Gasteiger partial charge in [-0.3, -0.25) is 9.36 Å². The van der Waals surface area contributed by atoms with Crippen LogP contribution >= 0.6 is 12.2 Å². The molecule has 0 aliphatic carbocycles. The minimum atomic E-state index is 0.569. The van der Waals surface area contributed by atoms with Gasteiger partial charge >= 0.3 is 0 Å². The molecule has 3 aromatic rings. The van der Waals surface area contributed by atoms with Crippen LogP contribution in [0.4, 0.5) is 5.69 Å². The zero-order valence-corrected chi connectivity index (χ0v) is 15.3. The molecule has 0 fully saturated rings. The second-order valence-corrected chi connectivity index (χ2v) is 6.21. The summed E-state index contributed by atoms with van der Waals surface area (Å²) in [6.45, 7) is 6.39. The van der Waals surface area contributed by atoms with Crippen molar-refractivity contribution in [3.8, 4) is 0 Å². The molecule has 0 atom stereocenters. The average molecular weight is 354 g/mol. The number of aromatic nitrogens is 4. The van der Waals surface area contributed by atoms with Crippen molar-refractivity contribution >= 4 is 23.0 Å². The van der Waals surface area contributed by atoms with Crippen molar-refractivity contribution in [3.63, 3.8) is 0 Å². The molecule has 2 N–H and O–H groups in total. The molecular weight excluding hydrogens is 332 g/mol. The summed E-state index contributed by atoms with van der Waals surface area (Å²) in [4.78, 5) is 0. The van der Waals surface area contributed by atoms with Crippen molar-refractivity contribution in [2.24, 2.45) is 0 Å². The highest BCUT2D eigenvalue weighted by Gasteiger charge is 2.05. The Bertz CT molecular complexity index is 851. The Morgan fingerprint density at radius 3 is 2.84 bits per heavy atom. The van der Waals surface area contributed by atoms with Crippen molar-refractivity contribution in [1.82, 2.24) is 24.9 Å². The molecule has 0 bridgehead atoms. The fraction of sp³-hybridized carbons (Fsp3) is 0.278. The molecule has 0 unspecified atom stereocenters. The normalized spacial score (nSPS) is 10.6. The number of anilines is 1. The molecule has 0 radical (unpaired) electrons. The van der Waals surface area contributed by atoms with E-state index in [1.165, 1.54) is 11.1 Å². The molecule has 3 rings (SSSR count). The van der Waals surface area contributed by atoms with E-state index in [1.54, 1.807) is 12.4 Å². The molecule has 130 valence electrons. The number of aryl methyl sites for hydroxylation is 2. The van der Waals surface area contributed by atoms with Crippen LogP contribution in [-0.2, 0) is 19.6 Å². The fourth-order valence-electron chi connectivity index (χ4n) is 2.62. The summed E-state index contributed by atoms with van der Waals surface area (Å²) in [6, 6.07) is 10.3. The molecule has 0 aliphatic rings. The average Bonchev–Trinajstić information content (AvgIpc) is 3.24. The maximum Gasteiger partial charge on any atom is 0.171 e. The van der Waals surface area contributed by atoms with Crippen molar-refractivity contribution in [3.05, 3.63) is 65.7 Å². The largest absolute Gasteiger partial charge is 0.357 e. The molecule has 0 aliphatic heterocycles. The maximum absolute atomic E-state index is 5.36. The zero-order chi connectivity index (χ0) is 17.6. The molecule has 0 saturated heterocycles. The second kappa shape index (κ2) is 7.94. The third kappa shape index (κ3) is 4.45. The van der Waals surface area contributed by atoms with E-state index in [1.807, 2.05) is 33.8 Å². The summed E-state index contributed by atoms with van der Waals surface area (Å²) in [5.74, 6) is 0. The van der Waals surface area contributed by atoms with E-state index < -0.39 is 0 Å². The van der Waals surface area contributed by atoms with E-state index in [-0.39, 0.29) is 0 Å². The van der Waals surface area contributed by atoms with E-state index in [9.17, 15) is 0 Å². The number of rotatable bonds is 6. The van der Waals surface area contributed by atoms with Gasteiger partial charge in [-0.1, -0.05) is 24.3 Å². The van der Waals surface area contributed by atoms with Crippen molar-refractivity contribution in [1.29, 1.82) is 0 Å². The first-order chi connectivity index (χ1) is 12.2. The molecule has 2 aromatic heterocycles. The van der Waals surface area contributed by atoms with Crippen LogP contribution in [0, 0.1) is 6.92 Å². The Hall–Kier alpha value is -2.67. The Morgan fingerprint density at radius 1 is 1.20 bits per heavy atom. The minimum Gasteiger partial charge on any atom is -0.357 e. The van der Waals surface area contributed by atoms with E-state index in [2.05, 4.69) is 46.8 Å². The molecule has 0 amide bonds. The van der Waals surface area contributed by atoms with Crippen LogP contribution in [-0.4, -0.2) is 24.7 Å². The van der Waals surface area contributed by atoms with Crippen LogP contribution in [0.25, 0.3) is 0 Å². The predicted octanol–water partition coefficient (Wildman–Crippen LogP) is 2.94. The first kappa shape index (κ1) is 17.2. The molecule has 0 saturated carbocycles. The SMILES string of the molecule is CCn1nccc1CNC(=S)Nc1cnn(Cc2ccccc2C)c1. The highest BCUT2D eigenvalue weighted by molar-refractivity contribution is 7.80. The Balaban J connectivity index is 1.54. The van der Waals surface area contributed by atoms with Gasteiger partial charge in [0.2, 0.25) is 0 Å². The van der Waals surface area contributed by atoms with Crippen LogP contribution < -0.4 is 10.6 Å². The van der Waals surface area contributed by atoms with Crippen molar-refractivity contribution in [2.45, 2.75) is 33.5 Å². The lowest BCUT2D eigenvalue weighted by molar-refractivity contribution is 0.614. The van der Waals surface area contributed by atoms with Crippen molar-refractivity contribution in [2.75, 3.05) is 5.32 Å².